The first-order valence-electron chi connectivity index (χ1n) is 11.0. The molecule has 0 amide bonds. The Morgan fingerprint density at radius 1 is 1.30 bits per heavy atom. The van der Waals surface area contributed by atoms with Crippen molar-refractivity contribution in [2.24, 2.45) is 35.0 Å². The van der Waals surface area contributed by atoms with E-state index in [-0.39, 0.29) is 24.0 Å². The number of hydrogen-bond donors (Lipinski definition) is 2. The lowest BCUT2D eigenvalue weighted by Crippen LogP contribution is -2.57. The zero-order chi connectivity index (χ0) is 22.4. The Kier molecular flexibility index (Phi) is 6.23. The maximum atomic E-state index is 11.8. The second-order valence-electron chi connectivity index (χ2n) is 10.1. The van der Waals surface area contributed by atoms with Gasteiger partial charge in [0.2, 0.25) is 0 Å². The van der Waals surface area contributed by atoms with Crippen LogP contribution >= 0.6 is 0 Å². The smallest absolute Gasteiger partial charge is 0.303 e. The SMILES string of the molecule is C=C(C(/C=C/C(C)(O)COC(C)=O)OC(C)=O)[C@@H]1C[C@@H](O)[C@@]2(C)[C@@H]1[C@@H]1[C@H](C)CC[C@@H]12. The van der Waals surface area contributed by atoms with E-state index < -0.39 is 23.6 Å². The highest BCUT2D eigenvalue weighted by atomic mass is 16.5. The maximum absolute atomic E-state index is 11.8. The van der Waals surface area contributed by atoms with Gasteiger partial charge in [-0.15, -0.1) is 0 Å². The molecule has 2 N–H and O–H groups in total. The minimum absolute atomic E-state index is 0.0548. The number of aliphatic hydroxyl groups excluding tert-OH is 1. The summed E-state index contributed by atoms with van der Waals surface area (Å²) >= 11 is 0. The van der Waals surface area contributed by atoms with E-state index in [0.717, 1.165) is 5.57 Å². The standard InChI is InChI=1S/C24H36O6/c1-13-7-8-18-21(13)22-17(11-20(27)24(18,22)6)14(2)19(30-16(4)26)9-10-23(5,28)12-29-15(3)25/h9-10,13,17-22,27-28H,2,7-8,11-12H2,1,3-6H3/b10-9+/t13-,17+,18+,19?,20-,21-,22+,23?,24+/m1/s1. The van der Waals surface area contributed by atoms with Gasteiger partial charge in [0, 0.05) is 19.3 Å². The van der Waals surface area contributed by atoms with Crippen LogP contribution in [0, 0.1) is 35.0 Å². The lowest BCUT2D eigenvalue weighted by atomic mass is 9.46. The van der Waals surface area contributed by atoms with Crippen molar-refractivity contribution in [3.8, 4) is 0 Å². The van der Waals surface area contributed by atoms with Crippen molar-refractivity contribution in [3.05, 3.63) is 24.3 Å². The first kappa shape index (κ1) is 23.0. The summed E-state index contributed by atoms with van der Waals surface area (Å²) in [6.45, 7) is 12.7. The lowest BCUT2D eigenvalue weighted by Gasteiger charge is -2.58. The molecule has 0 aliphatic heterocycles. The Morgan fingerprint density at radius 2 is 1.97 bits per heavy atom. The Labute approximate surface area is 179 Å². The molecule has 168 valence electrons. The van der Waals surface area contributed by atoms with Crippen LogP contribution < -0.4 is 0 Å². The van der Waals surface area contributed by atoms with Crippen molar-refractivity contribution in [2.45, 2.75) is 71.7 Å². The van der Waals surface area contributed by atoms with Crippen molar-refractivity contribution < 1.29 is 29.3 Å². The van der Waals surface area contributed by atoms with E-state index in [2.05, 4.69) is 20.4 Å². The molecule has 3 saturated carbocycles. The fourth-order valence-corrected chi connectivity index (χ4v) is 6.51. The molecule has 2 unspecified atom stereocenters. The summed E-state index contributed by atoms with van der Waals surface area (Å²) in [5, 5.41) is 21.4. The van der Waals surface area contributed by atoms with Crippen molar-refractivity contribution in [3.63, 3.8) is 0 Å². The highest BCUT2D eigenvalue weighted by Gasteiger charge is 2.70. The molecule has 0 radical (unpaired) electrons. The number of fused-ring (bicyclic) bond motifs is 4. The third kappa shape index (κ3) is 3.96. The first-order valence-corrected chi connectivity index (χ1v) is 11.0. The van der Waals surface area contributed by atoms with E-state index in [9.17, 15) is 19.8 Å². The summed E-state index contributed by atoms with van der Waals surface area (Å²) in [5.74, 6) is 1.22. The summed E-state index contributed by atoms with van der Waals surface area (Å²) in [6.07, 6.45) is 4.99. The zero-order valence-electron chi connectivity index (χ0n) is 18.8. The number of esters is 2. The molecule has 9 atom stereocenters. The third-order valence-electron chi connectivity index (χ3n) is 7.95. The van der Waals surface area contributed by atoms with Crippen LogP contribution in [-0.2, 0) is 19.1 Å². The second-order valence-corrected chi connectivity index (χ2v) is 10.1. The van der Waals surface area contributed by atoms with E-state index >= 15 is 0 Å². The van der Waals surface area contributed by atoms with E-state index in [1.165, 1.54) is 39.7 Å². The van der Waals surface area contributed by atoms with Gasteiger partial charge in [0.05, 0.1) is 6.10 Å². The number of carbonyl (C=O) groups is 2. The van der Waals surface area contributed by atoms with Gasteiger partial charge < -0.3 is 19.7 Å². The molecular weight excluding hydrogens is 384 g/mol. The van der Waals surface area contributed by atoms with E-state index in [1.807, 2.05) is 0 Å². The molecule has 3 aliphatic carbocycles. The molecular formula is C24H36O6. The monoisotopic (exact) mass is 420 g/mol. The van der Waals surface area contributed by atoms with Gasteiger partial charge in [-0.25, -0.2) is 0 Å². The number of rotatable bonds is 7. The molecule has 3 fully saturated rings. The van der Waals surface area contributed by atoms with Crippen LogP contribution in [0.3, 0.4) is 0 Å². The Bertz CT molecular complexity index is 740. The predicted molar refractivity (Wildman–Crippen MR) is 112 cm³/mol. The molecule has 6 nitrogen and oxygen atoms in total. The van der Waals surface area contributed by atoms with Gasteiger partial charge in [-0.1, -0.05) is 32.9 Å². The number of hydrogen-bond acceptors (Lipinski definition) is 6. The van der Waals surface area contributed by atoms with Gasteiger partial charge in [-0.05, 0) is 61.0 Å². The fourth-order valence-electron chi connectivity index (χ4n) is 6.51. The Hall–Kier alpha value is -1.66. The summed E-state index contributed by atoms with van der Waals surface area (Å²) in [5.41, 5.74) is -0.737. The van der Waals surface area contributed by atoms with Crippen molar-refractivity contribution >= 4 is 11.9 Å². The summed E-state index contributed by atoms with van der Waals surface area (Å²) in [6, 6.07) is 0. The van der Waals surface area contributed by atoms with Crippen molar-refractivity contribution in [2.75, 3.05) is 6.61 Å². The molecule has 3 aliphatic rings. The molecule has 0 bridgehead atoms. The van der Waals surface area contributed by atoms with Gasteiger partial charge in [0.25, 0.3) is 0 Å². The quantitative estimate of drug-likeness (QED) is 0.486. The highest BCUT2D eigenvalue weighted by Crippen LogP contribution is 2.73. The fraction of sp³-hybridized carbons (Fsp3) is 0.750. The van der Waals surface area contributed by atoms with Gasteiger partial charge in [-0.2, -0.15) is 0 Å². The van der Waals surface area contributed by atoms with Crippen LogP contribution in [0.25, 0.3) is 0 Å². The summed E-state index contributed by atoms with van der Waals surface area (Å²) < 4.78 is 10.4. The zero-order valence-corrected chi connectivity index (χ0v) is 18.8. The lowest BCUT2D eigenvalue weighted by molar-refractivity contribution is -0.147. The summed E-state index contributed by atoms with van der Waals surface area (Å²) in [4.78, 5) is 22.8. The van der Waals surface area contributed by atoms with Crippen LogP contribution in [0.1, 0.15) is 53.9 Å². The van der Waals surface area contributed by atoms with Gasteiger partial charge >= 0.3 is 11.9 Å². The van der Waals surface area contributed by atoms with Gasteiger partial charge in [0.1, 0.15) is 18.3 Å². The first-order chi connectivity index (χ1) is 13.9. The molecule has 30 heavy (non-hydrogen) atoms. The average Bonchev–Trinajstić information content (AvgIpc) is 3.08. The van der Waals surface area contributed by atoms with Crippen LogP contribution in [0.15, 0.2) is 24.3 Å². The number of carbonyl (C=O) groups excluding carboxylic acids is 2. The molecule has 0 aromatic heterocycles. The highest BCUT2D eigenvalue weighted by molar-refractivity contribution is 5.67. The van der Waals surface area contributed by atoms with E-state index in [1.54, 1.807) is 6.08 Å². The van der Waals surface area contributed by atoms with Crippen LogP contribution in [-0.4, -0.2) is 46.6 Å². The molecule has 0 aromatic carbocycles. The van der Waals surface area contributed by atoms with Crippen LogP contribution in [0.5, 0.6) is 0 Å². The normalized spacial score (nSPS) is 40.1. The Balaban J connectivity index is 1.79. The van der Waals surface area contributed by atoms with Gasteiger partial charge in [-0.3, -0.25) is 9.59 Å². The number of aliphatic hydroxyl groups is 2. The minimum atomic E-state index is -1.39. The molecule has 0 spiro atoms. The molecule has 0 aromatic rings. The van der Waals surface area contributed by atoms with Crippen molar-refractivity contribution in [1.29, 1.82) is 0 Å². The molecule has 3 rings (SSSR count). The predicted octanol–water partition coefficient (Wildman–Crippen LogP) is 3.02. The average molecular weight is 421 g/mol. The topological polar surface area (TPSA) is 93.1 Å². The van der Waals surface area contributed by atoms with E-state index in [4.69, 9.17) is 9.47 Å². The van der Waals surface area contributed by atoms with E-state index in [0.29, 0.717) is 30.1 Å². The third-order valence-corrected chi connectivity index (χ3v) is 7.95. The Morgan fingerprint density at radius 3 is 2.57 bits per heavy atom. The molecule has 0 saturated heterocycles. The van der Waals surface area contributed by atoms with Crippen molar-refractivity contribution in [1.82, 2.24) is 0 Å². The largest absolute Gasteiger partial charge is 0.462 e. The van der Waals surface area contributed by atoms with Gasteiger partial charge in [0.15, 0.2) is 0 Å². The number of ether oxygens (including phenoxy) is 2. The van der Waals surface area contributed by atoms with Crippen LogP contribution in [0.2, 0.25) is 0 Å². The molecule has 6 heteroatoms. The minimum Gasteiger partial charge on any atom is -0.462 e. The van der Waals surface area contributed by atoms with Crippen LogP contribution in [0.4, 0.5) is 0 Å². The maximum Gasteiger partial charge on any atom is 0.303 e. The molecule has 0 heterocycles. The second kappa shape index (κ2) is 8.12. The summed E-state index contributed by atoms with van der Waals surface area (Å²) in [7, 11) is 0.